The number of amides is 1. The predicted molar refractivity (Wildman–Crippen MR) is 124 cm³/mol. The van der Waals surface area contributed by atoms with Crippen LogP contribution >= 0.6 is 11.6 Å². The molecule has 2 aliphatic rings. The highest BCUT2D eigenvalue weighted by atomic mass is 35.5. The van der Waals surface area contributed by atoms with Crippen molar-refractivity contribution in [2.75, 3.05) is 19.6 Å². The molecule has 29 heavy (non-hydrogen) atoms. The highest BCUT2D eigenvalue weighted by Crippen LogP contribution is 2.30. The van der Waals surface area contributed by atoms with Gasteiger partial charge in [-0.2, -0.15) is 0 Å². The summed E-state index contributed by atoms with van der Waals surface area (Å²) in [6.45, 7) is 2.54. The molecule has 4 nitrogen and oxygen atoms in total. The normalized spacial score (nSPS) is 21.7. The highest BCUT2D eigenvalue weighted by Gasteiger charge is 2.24. The van der Waals surface area contributed by atoms with Crippen LogP contribution in [-0.4, -0.2) is 30.6 Å². The number of rotatable bonds is 5. The maximum absolute atomic E-state index is 12.7. The lowest BCUT2D eigenvalue weighted by atomic mass is 9.89. The van der Waals surface area contributed by atoms with Gasteiger partial charge in [-0.15, -0.1) is 0 Å². The van der Waals surface area contributed by atoms with Crippen molar-refractivity contribution < 1.29 is 9.90 Å². The van der Waals surface area contributed by atoms with Crippen LogP contribution in [0.15, 0.2) is 18.2 Å². The van der Waals surface area contributed by atoms with E-state index >= 15 is 0 Å². The number of carbonyl (C=O) groups is 1. The van der Waals surface area contributed by atoms with E-state index in [2.05, 4.69) is 10.6 Å². The van der Waals surface area contributed by atoms with Gasteiger partial charge in [0.1, 0.15) is 0 Å². The zero-order chi connectivity index (χ0) is 19.1. The SMILES string of the molecule is C.C.O=C(NCC1CCCCCCC1)c1cc(C(O)C2CCCNC2)ccc1Cl. The number of aliphatic hydroxyl groups is 1. The molecule has 1 aliphatic heterocycles. The second kappa shape index (κ2) is 13.3. The molecule has 0 aromatic heterocycles. The average molecular weight is 425 g/mol. The summed E-state index contributed by atoms with van der Waals surface area (Å²) in [7, 11) is 0. The number of hydrogen-bond acceptors (Lipinski definition) is 3. The molecule has 1 amide bonds. The summed E-state index contributed by atoms with van der Waals surface area (Å²) in [6.07, 6.45) is 10.4. The molecule has 166 valence electrons. The van der Waals surface area contributed by atoms with E-state index < -0.39 is 6.10 Å². The number of nitrogens with one attached hydrogen (secondary N) is 2. The van der Waals surface area contributed by atoms with Crippen molar-refractivity contribution in [2.45, 2.75) is 78.7 Å². The van der Waals surface area contributed by atoms with Crippen LogP contribution in [0.4, 0.5) is 0 Å². The number of benzene rings is 1. The Bertz CT molecular complexity index is 609. The molecule has 1 saturated heterocycles. The van der Waals surface area contributed by atoms with Crippen molar-refractivity contribution in [1.29, 1.82) is 0 Å². The van der Waals surface area contributed by atoms with Crippen molar-refractivity contribution in [1.82, 2.24) is 10.6 Å². The Morgan fingerprint density at radius 2 is 1.79 bits per heavy atom. The van der Waals surface area contributed by atoms with Crippen LogP contribution in [0.5, 0.6) is 0 Å². The van der Waals surface area contributed by atoms with Crippen molar-refractivity contribution in [2.24, 2.45) is 11.8 Å². The minimum atomic E-state index is -0.563. The van der Waals surface area contributed by atoms with Gasteiger partial charge in [0.15, 0.2) is 0 Å². The third kappa shape index (κ3) is 7.58. The van der Waals surface area contributed by atoms with Gasteiger partial charge in [0, 0.05) is 19.0 Å². The highest BCUT2D eigenvalue weighted by molar-refractivity contribution is 6.33. The Labute approximate surface area is 182 Å². The lowest BCUT2D eigenvalue weighted by Crippen LogP contribution is -2.33. The Hall–Kier alpha value is -1.10. The fourth-order valence-electron chi connectivity index (χ4n) is 4.40. The molecule has 2 atom stereocenters. The molecule has 0 bridgehead atoms. The standard InChI is InChI=1S/C22H33ClN2O2.2CH4/c23-20-11-10-17(21(26)18-9-6-12-24-15-18)13-19(20)22(27)25-14-16-7-4-2-1-3-5-8-16;;/h10-11,13,16,18,21,24,26H,1-9,12,14-15H2,(H,25,27);2*1H4. The van der Waals surface area contributed by atoms with Crippen LogP contribution in [0.25, 0.3) is 0 Å². The smallest absolute Gasteiger partial charge is 0.252 e. The molecule has 2 unspecified atom stereocenters. The van der Waals surface area contributed by atoms with Gasteiger partial charge in [-0.3, -0.25) is 4.79 Å². The van der Waals surface area contributed by atoms with Gasteiger partial charge in [-0.05, 0) is 55.8 Å². The predicted octanol–water partition coefficient (Wildman–Crippen LogP) is 5.74. The fourth-order valence-corrected chi connectivity index (χ4v) is 4.60. The molecule has 1 aromatic carbocycles. The number of halogens is 1. The summed E-state index contributed by atoms with van der Waals surface area (Å²) in [6, 6.07) is 5.35. The number of hydrogen-bond donors (Lipinski definition) is 3. The number of carbonyl (C=O) groups excluding carboxylic acids is 1. The van der Waals surface area contributed by atoms with Crippen LogP contribution in [0.2, 0.25) is 5.02 Å². The van der Waals surface area contributed by atoms with E-state index in [0.717, 1.165) is 31.5 Å². The van der Waals surface area contributed by atoms with Crippen molar-refractivity contribution in [3.05, 3.63) is 34.3 Å². The summed E-state index contributed by atoms with van der Waals surface area (Å²) in [4.78, 5) is 12.7. The Morgan fingerprint density at radius 1 is 1.10 bits per heavy atom. The van der Waals surface area contributed by atoms with Gasteiger partial charge in [-0.25, -0.2) is 0 Å². The van der Waals surface area contributed by atoms with Crippen LogP contribution in [0.1, 0.15) is 94.7 Å². The van der Waals surface area contributed by atoms with Gasteiger partial charge in [0.25, 0.3) is 5.91 Å². The topological polar surface area (TPSA) is 61.4 Å². The summed E-state index contributed by atoms with van der Waals surface area (Å²) in [5, 5.41) is 17.6. The van der Waals surface area contributed by atoms with E-state index in [1.165, 1.54) is 44.9 Å². The minimum Gasteiger partial charge on any atom is -0.388 e. The summed E-state index contributed by atoms with van der Waals surface area (Å²) in [5.74, 6) is 0.624. The molecule has 1 heterocycles. The van der Waals surface area contributed by atoms with E-state index in [9.17, 15) is 9.90 Å². The van der Waals surface area contributed by atoms with Crippen LogP contribution in [-0.2, 0) is 0 Å². The minimum absolute atomic E-state index is 0. The largest absolute Gasteiger partial charge is 0.388 e. The fraction of sp³-hybridized carbons (Fsp3) is 0.708. The Morgan fingerprint density at radius 3 is 2.45 bits per heavy atom. The Kier molecular flexibility index (Phi) is 11.9. The van der Waals surface area contributed by atoms with Gasteiger partial charge in [0.2, 0.25) is 0 Å². The first kappa shape index (κ1) is 25.9. The average Bonchev–Trinajstić information content (AvgIpc) is 2.67. The second-order valence-corrected chi connectivity index (χ2v) is 8.62. The molecule has 3 N–H and O–H groups in total. The first-order valence-corrected chi connectivity index (χ1v) is 11.0. The zero-order valence-electron chi connectivity index (χ0n) is 16.2. The number of aliphatic hydroxyl groups excluding tert-OH is 1. The summed E-state index contributed by atoms with van der Waals surface area (Å²) < 4.78 is 0. The van der Waals surface area contributed by atoms with E-state index in [1.54, 1.807) is 12.1 Å². The van der Waals surface area contributed by atoms with Gasteiger partial charge < -0.3 is 15.7 Å². The maximum Gasteiger partial charge on any atom is 0.252 e. The molecular weight excluding hydrogens is 384 g/mol. The molecule has 1 aliphatic carbocycles. The third-order valence-corrected chi connectivity index (χ3v) is 6.46. The second-order valence-electron chi connectivity index (χ2n) is 8.21. The summed E-state index contributed by atoms with van der Waals surface area (Å²) >= 11 is 6.30. The molecule has 5 heteroatoms. The lowest BCUT2D eigenvalue weighted by molar-refractivity contribution is 0.0912. The van der Waals surface area contributed by atoms with Crippen molar-refractivity contribution in [3.8, 4) is 0 Å². The van der Waals surface area contributed by atoms with Gasteiger partial charge in [0.05, 0.1) is 16.7 Å². The number of piperidine rings is 1. The maximum atomic E-state index is 12.7. The molecular formula is C24H41ClN2O2. The van der Waals surface area contributed by atoms with Crippen molar-refractivity contribution >= 4 is 17.5 Å². The molecule has 1 aromatic rings. The van der Waals surface area contributed by atoms with Gasteiger partial charge >= 0.3 is 0 Å². The van der Waals surface area contributed by atoms with Crippen LogP contribution in [0.3, 0.4) is 0 Å². The van der Waals surface area contributed by atoms with E-state index in [4.69, 9.17) is 11.6 Å². The first-order valence-electron chi connectivity index (χ1n) is 10.6. The monoisotopic (exact) mass is 424 g/mol. The molecule has 0 radical (unpaired) electrons. The van der Waals surface area contributed by atoms with Gasteiger partial charge in [-0.1, -0.05) is 64.6 Å². The van der Waals surface area contributed by atoms with E-state index in [0.29, 0.717) is 23.0 Å². The summed E-state index contributed by atoms with van der Waals surface area (Å²) in [5.41, 5.74) is 1.26. The lowest BCUT2D eigenvalue weighted by Gasteiger charge is -2.28. The van der Waals surface area contributed by atoms with Crippen LogP contribution < -0.4 is 10.6 Å². The van der Waals surface area contributed by atoms with Crippen LogP contribution in [0, 0.1) is 11.8 Å². The molecule has 0 spiro atoms. The molecule has 3 rings (SSSR count). The first-order chi connectivity index (χ1) is 13.1. The third-order valence-electron chi connectivity index (χ3n) is 6.13. The van der Waals surface area contributed by atoms with E-state index in [1.807, 2.05) is 6.07 Å². The zero-order valence-corrected chi connectivity index (χ0v) is 16.9. The Balaban J connectivity index is 0.00000210. The quantitative estimate of drug-likeness (QED) is 0.565. The molecule has 1 saturated carbocycles. The van der Waals surface area contributed by atoms with Crippen molar-refractivity contribution in [3.63, 3.8) is 0 Å². The van der Waals surface area contributed by atoms with E-state index in [-0.39, 0.29) is 26.7 Å². The molecule has 2 fully saturated rings.